The normalized spacial score (nSPS) is 13.2. The van der Waals surface area contributed by atoms with Gasteiger partial charge >= 0.3 is 208 Å². The fourth-order valence-electron chi connectivity index (χ4n) is 4.44. The Morgan fingerprint density at radius 1 is 0.647 bits per heavy atom. The molecule has 34 heavy (non-hydrogen) atoms. The summed E-state index contributed by atoms with van der Waals surface area (Å²) in [4.78, 5) is 0. The molecule has 0 nitrogen and oxygen atoms in total. The molecule has 0 heterocycles. The number of hydrogen-bond donors (Lipinski definition) is 0. The van der Waals surface area contributed by atoms with Crippen molar-refractivity contribution in [2.75, 3.05) is 6.16 Å². The Bertz CT molecular complexity index is 1030. The predicted molar refractivity (Wildman–Crippen MR) is 157 cm³/mol. The quantitative estimate of drug-likeness (QED) is 0.162. The van der Waals surface area contributed by atoms with Crippen LogP contribution in [-0.4, -0.2) is 6.16 Å². The van der Waals surface area contributed by atoms with Crippen LogP contribution in [0, 0.1) is 0 Å². The molecule has 0 aliphatic carbocycles. The molecule has 3 aromatic carbocycles. The molecule has 0 aromatic heterocycles. The SMILES string of the molecule is CC(C)=CCCC(C)=CC=CC(C)=CC[PH](c1ccccc1)(c1ccccc1)c1ccccc1. The van der Waals surface area contributed by atoms with E-state index < -0.39 is 7.26 Å². The van der Waals surface area contributed by atoms with E-state index in [2.05, 4.69) is 149 Å². The first-order chi connectivity index (χ1) is 16.5. The van der Waals surface area contributed by atoms with Gasteiger partial charge in [-0.05, 0) is 0 Å². The van der Waals surface area contributed by atoms with Gasteiger partial charge in [0.1, 0.15) is 0 Å². The predicted octanol–water partition coefficient (Wildman–Crippen LogP) is 7.91. The second-order valence-corrected chi connectivity index (χ2v) is 13.3. The molecular weight excluding hydrogens is 427 g/mol. The average Bonchev–Trinajstić information content (AvgIpc) is 2.86. The Labute approximate surface area is 207 Å². The molecule has 0 unspecified atom stereocenters. The summed E-state index contributed by atoms with van der Waals surface area (Å²) in [7, 11) is -2.21. The van der Waals surface area contributed by atoms with Gasteiger partial charge in [-0.15, -0.1) is 0 Å². The summed E-state index contributed by atoms with van der Waals surface area (Å²) in [5.41, 5.74) is 4.13. The maximum absolute atomic E-state index is 2.45. The topological polar surface area (TPSA) is 0 Å². The molecule has 0 spiro atoms. The van der Waals surface area contributed by atoms with Crippen LogP contribution in [0.4, 0.5) is 0 Å². The molecule has 0 saturated carbocycles. The Morgan fingerprint density at radius 3 is 1.56 bits per heavy atom. The molecule has 0 bridgehead atoms. The van der Waals surface area contributed by atoms with E-state index >= 15 is 0 Å². The van der Waals surface area contributed by atoms with E-state index in [1.807, 2.05) is 0 Å². The standard InChI is InChI=1S/C33H39P/c1-28(2)16-14-17-29(3)18-15-19-30(4)26-27-34(31-20-8-5-9-21-31,32-22-10-6-11-23-32)33-24-12-7-13-25-33/h5-13,15-16,18-26,34H,14,17,27H2,1-4H3. The van der Waals surface area contributed by atoms with Gasteiger partial charge in [-0.25, -0.2) is 0 Å². The molecule has 0 saturated heterocycles. The Hall–Kier alpha value is -2.95. The van der Waals surface area contributed by atoms with E-state index in [1.54, 1.807) is 0 Å². The minimum absolute atomic E-state index is 1.03. The summed E-state index contributed by atoms with van der Waals surface area (Å²) < 4.78 is 0. The summed E-state index contributed by atoms with van der Waals surface area (Å²) in [5, 5.41) is 4.36. The van der Waals surface area contributed by atoms with Crippen LogP contribution >= 0.6 is 7.26 Å². The zero-order valence-electron chi connectivity index (χ0n) is 21.2. The Kier molecular flexibility index (Phi) is 9.87. The van der Waals surface area contributed by atoms with Crippen LogP contribution in [0.25, 0.3) is 0 Å². The van der Waals surface area contributed by atoms with E-state index in [0.717, 1.165) is 19.0 Å². The zero-order chi connectivity index (χ0) is 24.2. The van der Waals surface area contributed by atoms with Gasteiger partial charge in [0.15, 0.2) is 0 Å². The van der Waals surface area contributed by atoms with Crippen molar-refractivity contribution in [2.24, 2.45) is 0 Å². The molecule has 176 valence electrons. The van der Waals surface area contributed by atoms with Crippen LogP contribution in [0.15, 0.2) is 138 Å². The summed E-state index contributed by atoms with van der Waals surface area (Å²) in [6.07, 6.45) is 14.7. The summed E-state index contributed by atoms with van der Waals surface area (Å²) in [6, 6.07) is 33.4. The van der Waals surface area contributed by atoms with Gasteiger partial charge < -0.3 is 0 Å². The fraction of sp³-hybridized carbons (Fsp3) is 0.212. The number of benzene rings is 3. The van der Waals surface area contributed by atoms with E-state index in [-0.39, 0.29) is 0 Å². The van der Waals surface area contributed by atoms with Crippen LogP contribution in [0.1, 0.15) is 40.5 Å². The van der Waals surface area contributed by atoms with Crippen molar-refractivity contribution in [1.82, 2.24) is 0 Å². The summed E-state index contributed by atoms with van der Waals surface area (Å²) in [5.74, 6) is 0. The van der Waals surface area contributed by atoms with Gasteiger partial charge in [0.25, 0.3) is 0 Å². The first kappa shape index (κ1) is 25.7. The van der Waals surface area contributed by atoms with Crippen molar-refractivity contribution in [3.8, 4) is 0 Å². The van der Waals surface area contributed by atoms with Crippen LogP contribution in [-0.2, 0) is 0 Å². The third kappa shape index (κ3) is 7.02. The second kappa shape index (κ2) is 13.1. The van der Waals surface area contributed by atoms with E-state index in [4.69, 9.17) is 0 Å². The third-order valence-corrected chi connectivity index (χ3v) is 11.1. The molecule has 1 heteroatoms. The summed E-state index contributed by atoms with van der Waals surface area (Å²) in [6.45, 7) is 8.77. The molecule has 0 atom stereocenters. The van der Waals surface area contributed by atoms with Crippen molar-refractivity contribution in [3.63, 3.8) is 0 Å². The molecule has 0 N–H and O–H groups in total. The Morgan fingerprint density at radius 2 is 1.12 bits per heavy atom. The van der Waals surface area contributed by atoms with E-state index in [9.17, 15) is 0 Å². The fourth-order valence-corrected chi connectivity index (χ4v) is 9.06. The van der Waals surface area contributed by atoms with Crippen LogP contribution in [0.3, 0.4) is 0 Å². The molecule has 3 aromatic rings. The average molecular weight is 467 g/mol. The molecule has 0 aliphatic rings. The van der Waals surface area contributed by atoms with Gasteiger partial charge in [-0.1, -0.05) is 0 Å². The number of hydrogen-bond acceptors (Lipinski definition) is 0. The number of rotatable bonds is 10. The van der Waals surface area contributed by atoms with Gasteiger partial charge in [-0.2, -0.15) is 0 Å². The minimum atomic E-state index is -2.21. The van der Waals surface area contributed by atoms with Gasteiger partial charge in [0.2, 0.25) is 0 Å². The van der Waals surface area contributed by atoms with Crippen molar-refractivity contribution in [2.45, 2.75) is 40.5 Å². The van der Waals surface area contributed by atoms with Crippen molar-refractivity contribution in [3.05, 3.63) is 138 Å². The summed E-state index contributed by atoms with van der Waals surface area (Å²) >= 11 is 0. The molecule has 0 amide bonds. The molecule has 0 fully saturated rings. The van der Waals surface area contributed by atoms with Gasteiger partial charge in [0, 0.05) is 0 Å². The molecular formula is C33H39P. The van der Waals surface area contributed by atoms with E-state index in [0.29, 0.717) is 0 Å². The first-order valence-corrected chi connectivity index (χ1v) is 14.5. The second-order valence-electron chi connectivity index (χ2n) is 9.35. The van der Waals surface area contributed by atoms with Crippen molar-refractivity contribution in [1.29, 1.82) is 0 Å². The monoisotopic (exact) mass is 466 g/mol. The van der Waals surface area contributed by atoms with Crippen LogP contribution < -0.4 is 15.9 Å². The molecule has 0 aliphatic heterocycles. The van der Waals surface area contributed by atoms with Gasteiger partial charge in [0.05, 0.1) is 0 Å². The Balaban J connectivity index is 1.94. The molecule has 0 radical (unpaired) electrons. The molecule has 3 rings (SSSR count). The van der Waals surface area contributed by atoms with E-state index in [1.165, 1.54) is 32.6 Å². The maximum atomic E-state index is 2.45. The van der Waals surface area contributed by atoms with Gasteiger partial charge in [-0.3, -0.25) is 0 Å². The zero-order valence-corrected chi connectivity index (χ0v) is 22.2. The van der Waals surface area contributed by atoms with Crippen molar-refractivity contribution < 1.29 is 0 Å². The van der Waals surface area contributed by atoms with Crippen LogP contribution in [0.2, 0.25) is 0 Å². The van der Waals surface area contributed by atoms with Crippen molar-refractivity contribution >= 4 is 23.2 Å². The number of allylic oxidation sites excluding steroid dienone is 8. The first-order valence-electron chi connectivity index (χ1n) is 12.3. The third-order valence-electron chi connectivity index (χ3n) is 6.36. The van der Waals surface area contributed by atoms with Crippen LogP contribution in [0.5, 0.6) is 0 Å².